The molecule has 1 N–H and O–H groups in total. The maximum absolute atomic E-state index is 12.5. The highest BCUT2D eigenvalue weighted by atomic mass is 32.1. The number of thiophene rings is 1. The van der Waals surface area contributed by atoms with Crippen molar-refractivity contribution >= 4 is 17.2 Å². The van der Waals surface area contributed by atoms with Gasteiger partial charge >= 0.3 is 0 Å². The fourth-order valence-electron chi connectivity index (χ4n) is 3.22. The molecule has 1 saturated heterocycles. The Morgan fingerprint density at radius 2 is 2.05 bits per heavy atom. The molecule has 1 atom stereocenters. The lowest BCUT2D eigenvalue weighted by molar-refractivity contribution is 0.0575. The maximum Gasteiger partial charge on any atom is 0.264 e. The van der Waals surface area contributed by atoms with Crippen molar-refractivity contribution in [3.63, 3.8) is 0 Å². The van der Waals surface area contributed by atoms with E-state index >= 15 is 0 Å². The van der Waals surface area contributed by atoms with Crippen molar-refractivity contribution in [1.29, 1.82) is 0 Å². The number of likely N-dealkylation sites (tertiary alicyclic amines) is 1. The molecule has 1 aliphatic heterocycles. The minimum absolute atomic E-state index is 0.111. The van der Waals surface area contributed by atoms with Gasteiger partial charge in [-0.1, -0.05) is 12.8 Å². The topological polar surface area (TPSA) is 40.5 Å². The van der Waals surface area contributed by atoms with Crippen molar-refractivity contribution in [2.45, 2.75) is 57.5 Å². The summed E-state index contributed by atoms with van der Waals surface area (Å²) < 4.78 is 0. The molecule has 20 heavy (non-hydrogen) atoms. The van der Waals surface area contributed by atoms with Gasteiger partial charge in [-0.05, 0) is 50.7 Å². The lowest BCUT2D eigenvalue weighted by Gasteiger charge is -2.18. The Morgan fingerprint density at radius 3 is 2.75 bits per heavy atom. The molecule has 4 heteroatoms. The van der Waals surface area contributed by atoms with Crippen molar-refractivity contribution in [1.82, 2.24) is 4.90 Å². The summed E-state index contributed by atoms with van der Waals surface area (Å²) in [6.07, 6.45) is 8.06. The Labute approximate surface area is 124 Å². The van der Waals surface area contributed by atoms with Crippen molar-refractivity contribution < 1.29 is 9.90 Å². The number of amides is 1. The van der Waals surface area contributed by atoms with Gasteiger partial charge in [0.1, 0.15) is 0 Å². The number of nitrogens with zero attached hydrogens (tertiary/aromatic N) is 1. The summed E-state index contributed by atoms with van der Waals surface area (Å²) in [5.41, 5.74) is 0.686. The molecule has 0 bridgehead atoms. The zero-order valence-corrected chi connectivity index (χ0v) is 13.0. The number of carbonyl (C=O) groups is 1. The molecule has 0 radical (unpaired) electrons. The molecule has 0 aromatic carbocycles. The SMILES string of the molecule is CC1(O)CCN(C(=O)c2cc3c(s2)CCCCCC3)C1. The lowest BCUT2D eigenvalue weighted by Crippen LogP contribution is -2.33. The average molecular weight is 293 g/mol. The van der Waals surface area contributed by atoms with Crippen LogP contribution in [0.2, 0.25) is 0 Å². The van der Waals surface area contributed by atoms with Crippen LogP contribution in [0.5, 0.6) is 0 Å². The van der Waals surface area contributed by atoms with Gasteiger partial charge in [0, 0.05) is 18.0 Å². The number of aliphatic hydroxyl groups is 1. The number of hydrogen-bond acceptors (Lipinski definition) is 3. The molecule has 2 aliphatic rings. The summed E-state index contributed by atoms with van der Waals surface area (Å²) in [5, 5.41) is 10.0. The van der Waals surface area contributed by atoms with Crippen LogP contribution in [0.25, 0.3) is 0 Å². The van der Waals surface area contributed by atoms with E-state index in [9.17, 15) is 9.90 Å². The molecule has 3 nitrogen and oxygen atoms in total. The predicted octanol–water partition coefficient (Wildman–Crippen LogP) is 3.00. The minimum Gasteiger partial charge on any atom is -0.388 e. The summed E-state index contributed by atoms with van der Waals surface area (Å²) in [7, 11) is 0. The van der Waals surface area contributed by atoms with Gasteiger partial charge in [0.15, 0.2) is 0 Å². The van der Waals surface area contributed by atoms with Crippen LogP contribution in [0, 0.1) is 0 Å². The van der Waals surface area contributed by atoms with Gasteiger partial charge in [-0.15, -0.1) is 11.3 Å². The Balaban J connectivity index is 1.77. The fourth-order valence-corrected chi connectivity index (χ4v) is 4.45. The highest BCUT2D eigenvalue weighted by Gasteiger charge is 2.35. The molecule has 2 heterocycles. The van der Waals surface area contributed by atoms with Crippen LogP contribution in [0.3, 0.4) is 0 Å². The summed E-state index contributed by atoms with van der Waals surface area (Å²) in [6, 6.07) is 2.11. The van der Waals surface area contributed by atoms with Crippen LogP contribution >= 0.6 is 11.3 Å². The standard InChI is InChI=1S/C16H23NO2S/c1-16(19)8-9-17(11-16)15(18)14-10-12-6-4-2-3-5-7-13(12)20-14/h10,19H,2-9,11H2,1H3. The van der Waals surface area contributed by atoms with Crippen LogP contribution in [0.4, 0.5) is 0 Å². The maximum atomic E-state index is 12.5. The van der Waals surface area contributed by atoms with Crippen LogP contribution in [0.1, 0.15) is 59.1 Å². The third-order valence-corrected chi connectivity index (χ3v) is 5.67. The Kier molecular flexibility index (Phi) is 3.87. The molecular weight excluding hydrogens is 270 g/mol. The van der Waals surface area contributed by atoms with Gasteiger partial charge in [-0.2, -0.15) is 0 Å². The lowest BCUT2D eigenvalue weighted by atomic mass is 10.00. The van der Waals surface area contributed by atoms with E-state index in [4.69, 9.17) is 0 Å². The Morgan fingerprint density at radius 1 is 1.30 bits per heavy atom. The van der Waals surface area contributed by atoms with Gasteiger partial charge < -0.3 is 10.0 Å². The first kappa shape index (κ1) is 14.1. The van der Waals surface area contributed by atoms with Gasteiger partial charge in [-0.3, -0.25) is 4.79 Å². The van der Waals surface area contributed by atoms with Crippen LogP contribution in [0.15, 0.2) is 6.07 Å². The van der Waals surface area contributed by atoms with Gasteiger partial charge in [0.2, 0.25) is 0 Å². The molecule has 1 aromatic heterocycles. The zero-order valence-electron chi connectivity index (χ0n) is 12.2. The first-order chi connectivity index (χ1) is 9.55. The summed E-state index contributed by atoms with van der Waals surface area (Å²) in [4.78, 5) is 16.6. The van der Waals surface area contributed by atoms with E-state index < -0.39 is 5.60 Å². The highest BCUT2D eigenvalue weighted by Crippen LogP contribution is 2.30. The molecule has 110 valence electrons. The normalized spacial score (nSPS) is 27.0. The number of aryl methyl sites for hydroxylation is 2. The smallest absolute Gasteiger partial charge is 0.264 e. The Bertz CT molecular complexity index is 481. The van der Waals surface area contributed by atoms with E-state index in [0.717, 1.165) is 17.7 Å². The molecule has 0 saturated carbocycles. The first-order valence-corrected chi connectivity index (χ1v) is 8.50. The number of β-amino-alcohol motifs (C(OH)–C–C–N with tert-alkyl or cyclic N) is 1. The number of rotatable bonds is 1. The molecule has 1 aliphatic carbocycles. The number of fused-ring (bicyclic) bond motifs is 1. The van der Waals surface area contributed by atoms with E-state index in [1.807, 2.05) is 6.92 Å². The van der Waals surface area contributed by atoms with Crippen LogP contribution in [-0.2, 0) is 12.8 Å². The van der Waals surface area contributed by atoms with E-state index in [1.165, 1.54) is 36.1 Å². The molecule has 1 aromatic rings. The molecule has 1 amide bonds. The molecular formula is C16H23NO2S. The van der Waals surface area contributed by atoms with E-state index in [1.54, 1.807) is 16.2 Å². The largest absolute Gasteiger partial charge is 0.388 e. The number of hydrogen-bond donors (Lipinski definition) is 1. The van der Waals surface area contributed by atoms with Crippen molar-refractivity contribution in [3.05, 3.63) is 21.4 Å². The quantitative estimate of drug-likeness (QED) is 0.864. The van der Waals surface area contributed by atoms with Crippen molar-refractivity contribution in [2.24, 2.45) is 0 Å². The van der Waals surface area contributed by atoms with Crippen molar-refractivity contribution in [3.8, 4) is 0 Å². The summed E-state index contributed by atoms with van der Waals surface area (Å²) >= 11 is 1.68. The molecule has 1 fully saturated rings. The second-order valence-electron chi connectivity index (χ2n) is 6.45. The van der Waals surface area contributed by atoms with Gasteiger partial charge in [0.05, 0.1) is 10.5 Å². The van der Waals surface area contributed by atoms with Crippen molar-refractivity contribution in [2.75, 3.05) is 13.1 Å². The summed E-state index contributed by atoms with van der Waals surface area (Å²) in [5.74, 6) is 0.111. The molecule has 1 unspecified atom stereocenters. The summed E-state index contributed by atoms with van der Waals surface area (Å²) in [6.45, 7) is 2.96. The highest BCUT2D eigenvalue weighted by molar-refractivity contribution is 7.14. The average Bonchev–Trinajstić information content (AvgIpc) is 2.92. The third kappa shape index (κ3) is 2.91. The van der Waals surface area contributed by atoms with E-state index in [2.05, 4.69) is 6.07 Å². The number of carbonyl (C=O) groups excluding carboxylic acids is 1. The van der Waals surface area contributed by atoms with Crippen LogP contribution < -0.4 is 0 Å². The third-order valence-electron chi connectivity index (χ3n) is 4.45. The van der Waals surface area contributed by atoms with Gasteiger partial charge in [0.25, 0.3) is 5.91 Å². The first-order valence-electron chi connectivity index (χ1n) is 7.68. The molecule has 3 rings (SSSR count). The van der Waals surface area contributed by atoms with E-state index in [0.29, 0.717) is 19.5 Å². The van der Waals surface area contributed by atoms with Gasteiger partial charge in [-0.25, -0.2) is 0 Å². The second kappa shape index (κ2) is 5.49. The monoisotopic (exact) mass is 293 g/mol. The second-order valence-corrected chi connectivity index (χ2v) is 7.58. The minimum atomic E-state index is -0.707. The predicted molar refractivity (Wildman–Crippen MR) is 81.3 cm³/mol. The van der Waals surface area contributed by atoms with E-state index in [-0.39, 0.29) is 5.91 Å². The van der Waals surface area contributed by atoms with Crippen LogP contribution in [-0.4, -0.2) is 34.6 Å². The zero-order chi connectivity index (χ0) is 14.2. The fraction of sp³-hybridized carbons (Fsp3) is 0.688. The molecule has 0 spiro atoms. The Hall–Kier alpha value is -0.870.